The average Bonchev–Trinajstić information content (AvgIpc) is 3.31. The van der Waals surface area contributed by atoms with E-state index < -0.39 is 22.5 Å². The molecular weight excluding hydrogens is 472 g/mol. The van der Waals surface area contributed by atoms with Gasteiger partial charge in [0.2, 0.25) is 12.7 Å². The molecule has 4 rings (SSSR count). The number of ether oxygens (including phenoxy) is 2. The molecule has 3 aromatic rings. The summed E-state index contributed by atoms with van der Waals surface area (Å²) in [5.41, 5.74) is 3.80. The standard InChI is InChI=1S/C24H22N4O6S/c1-17(29)26-19-8-10-21(11-9-19)35(31,32)28(20-5-3-2-4-6-20)15-24(30)27-25-14-18-7-12-22-23(13-18)34-16-33-22/h2-14H,15-16H2,1H3,(H,26,29)(H,27,30)/b25-14+. The van der Waals surface area contributed by atoms with Gasteiger partial charge in [0, 0.05) is 12.6 Å². The Balaban J connectivity index is 1.50. The molecule has 1 heterocycles. The fraction of sp³-hybridized carbons (Fsp3) is 0.125. The minimum Gasteiger partial charge on any atom is -0.454 e. The van der Waals surface area contributed by atoms with Crippen LogP contribution in [0.15, 0.2) is 82.8 Å². The summed E-state index contributed by atoms with van der Waals surface area (Å²) >= 11 is 0. The summed E-state index contributed by atoms with van der Waals surface area (Å²) < 4.78 is 38.4. The van der Waals surface area contributed by atoms with E-state index in [2.05, 4.69) is 15.8 Å². The fourth-order valence-electron chi connectivity index (χ4n) is 3.29. The third-order valence-electron chi connectivity index (χ3n) is 4.89. The summed E-state index contributed by atoms with van der Waals surface area (Å²) in [5, 5.41) is 6.51. The highest BCUT2D eigenvalue weighted by atomic mass is 32.2. The number of fused-ring (bicyclic) bond motifs is 1. The smallest absolute Gasteiger partial charge is 0.264 e. The van der Waals surface area contributed by atoms with Crippen LogP contribution in [0.25, 0.3) is 0 Å². The lowest BCUT2D eigenvalue weighted by atomic mass is 10.2. The van der Waals surface area contributed by atoms with Crippen molar-refractivity contribution in [2.24, 2.45) is 5.10 Å². The van der Waals surface area contributed by atoms with Gasteiger partial charge in [-0.1, -0.05) is 18.2 Å². The van der Waals surface area contributed by atoms with Crippen molar-refractivity contribution in [2.45, 2.75) is 11.8 Å². The van der Waals surface area contributed by atoms with E-state index in [9.17, 15) is 18.0 Å². The molecule has 0 aromatic heterocycles. The molecule has 0 radical (unpaired) electrons. The van der Waals surface area contributed by atoms with Gasteiger partial charge >= 0.3 is 0 Å². The molecule has 0 saturated carbocycles. The maximum absolute atomic E-state index is 13.4. The van der Waals surface area contributed by atoms with Crippen molar-refractivity contribution in [1.29, 1.82) is 0 Å². The van der Waals surface area contributed by atoms with E-state index in [0.717, 1.165) is 4.31 Å². The maximum atomic E-state index is 13.4. The SMILES string of the molecule is CC(=O)Nc1ccc(S(=O)(=O)N(CC(=O)N/N=C/c2ccc3c(c2)OCO3)c2ccccc2)cc1. The van der Waals surface area contributed by atoms with E-state index in [1.165, 1.54) is 37.4 Å². The Bertz CT molecular complexity index is 1360. The van der Waals surface area contributed by atoms with Gasteiger partial charge < -0.3 is 14.8 Å². The molecule has 11 heteroatoms. The minimum atomic E-state index is -4.10. The Kier molecular flexibility index (Phi) is 6.97. The van der Waals surface area contributed by atoms with Crippen LogP contribution < -0.4 is 24.5 Å². The van der Waals surface area contributed by atoms with Gasteiger partial charge in [0.05, 0.1) is 16.8 Å². The summed E-state index contributed by atoms with van der Waals surface area (Å²) in [4.78, 5) is 23.8. The molecule has 0 spiro atoms. The van der Waals surface area contributed by atoms with Crippen LogP contribution in [0.2, 0.25) is 0 Å². The number of hydrogen-bond donors (Lipinski definition) is 2. The average molecular weight is 495 g/mol. The zero-order chi connectivity index (χ0) is 24.8. The molecule has 1 aliphatic heterocycles. The largest absolute Gasteiger partial charge is 0.454 e. The van der Waals surface area contributed by atoms with E-state index in [1.54, 1.807) is 48.5 Å². The van der Waals surface area contributed by atoms with Crippen LogP contribution in [0.3, 0.4) is 0 Å². The first-order valence-electron chi connectivity index (χ1n) is 10.5. The number of carbonyl (C=O) groups excluding carboxylic acids is 2. The van der Waals surface area contributed by atoms with Gasteiger partial charge in [-0.05, 0) is 60.2 Å². The fourth-order valence-corrected chi connectivity index (χ4v) is 4.71. The van der Waals surface area contributed by atoms with Crippen LogP contribution in [-0.4, -0.2) is 39.8 Å². The molecule has 0 unspecified atom stereocenters. The third kappa shape index (κ3) is 5.76. The minimum absolute atomic E-state index is 0.0351. The van der Waals surface area contributed by atoms with Gasteiger partial charge in [0.15, 0.2) is 11.5 Å². The molecule has 0 fully saturated rings. The highest BCUT2D eigenvalue weighted by Gasteiger charge is 2.27. The monoisotopic (exact) mass is 494 g/mol. The van der Waals surface area contributed by atoms with Crippen LogP contribution in [0.4, 0.5) is 11.4 Å². The van der Waals surface area contributed by atoms with E-state index in [4.69, 9.17) is 9.47 Å². The molecule has 180 valence electrons. The van der Waals surface area contributed by atoms with Gasteiger partial charge in [0.25, 0.3) is 15.9 Å². The molecule has 1 aliphatic rings. The van der Waals surface area contributed by atoms with Crippen molar-refractivity contribution in [2.75, 3.05) is 23.0 Å². The second-order valence-corrected chi connectivity index (χ2v) is 9.32. The Labute approximate surface area is 202 Å². The number of hydrazone groups is 1. The van der Waals surface area contributed by atoms with E-state index in [-0.39, 0.29) is 17.6 Å². The number of para-hydroxylation sites is 1. The zero-order valence-corrected chi connectivity index (χ0v) is 19.5. The molecule has 0 atom stereocenters. The molecule has 35 heavy (non-hydrogen) atoms. The van der Waals surface area contributed by atoms with Gasteiger partial charge in [0.1, 0.15) is 6.54 Å². The first-order valence-corrected chi connectivity index (χ1v) is 11.9. The van der Waals surface area contributed by atoms with Crippen molar-refractivity contribution in [3.05, 3.63) is 78.4 Å². The highest BCUT2D eigenvalue weighted by Crippen LogP contribution is 2.32. The van der Waals surface area contributed by atoms with Crippen molar-refractivity contribution < 1.29 is 27.5 Å². The Morgan fingerprint density at radius 1 is 1.00 bits per heavy atom. The van der Waals surface area contributed by atoms with Crippen molar-refractivity contribution in [3.8, 4) is 11.5 Å². The summed E-state index contributed by atoms with van der Waals surface area (Å²) in [6.07, 6.45) is 1.42. The summed E-state index contributed by atoms with van der Waals surface area (Å²) in [5.74, 6) is 0.292. The maximum Gasteiger partial charge on any atom is 0.264 e. The molecule has 3 aromatic carbocycles. The Morgan fingerprint density at radius 2 is 1.71 bits per heavy atom. The summed E-state index contributed by atoms with van der Waals surface area (Å²) in [6.45, 7) is 1.00. The first kappa shape index (κ1) is 23.8. The van der Waals surface area contributed by atoms with E-state index >= 15 is 0 Å². The number of rotatable bonds is 8. The predicted molar refractivity (Wildman–Crippen MR) is 130 cm³/mol. The lowest BCUT2D eigenvalue weighted by Gasteiger charge is -2.23. The second-order valence-electron chi connectivity index (χ2n) is 7.46. The van der Waals surface area contributed by atoms with E-state index in [0.29, 0.717) is 28.4 Å². The van der Waals surface area contributed by atoms with Crippen molar-refractivity contribution >= 4 is 39.4 Å². The predicted octanol–water partition coefficient (Wildman–Crippen LogP) is 2.72. The number of nitrogens with one attached hydrogen (secondary N) is 2. The van der Waals surface area contributed by atoms with Crippen LogP contribution in [0, 0.1) is 0 Å². The number of carbonyl (C=O) groups is 2. The molecule has 10 nitrogen and oxygen atoms in total. The Hall–Kier alpha value is -4.38. The van der Waals surface area contributed by atoms with Crippen molar-refractivity contribution in [1.82, 2.24) is 5.43 Å². The molecular formula is C24H22N4O6S. The quantitative estimate of drug-likeness (QED) is 0.366. The number of nitrogens with zero attached hydrogens (tertiary/aromatic N) is 2. The van der Waals surface area contributed by atoms with Gasteiger partial charge in [-0.15, -0.1) is 0 Å². The molecule has 2 N–H and O–H groups in total. The van der Waals surface area contributed by atoms with E-state index in [1.807, 2.05) is 0 Å². The topological polar surface area (TPSA) is 126 Å². The molecule has 0 bridgehead atoms. The number of benzene rings is 3. The van der Waals surface area contributed by atoms with Crippen LogP contribution in [-0.2, 0) is 19.6 Å². The molecule has 0 aliphatic carbocycles. The number of amides is 2. The lowest BCUT2D eigenvalue weighted by molar-refractivity contribution is -0.119. The van der Waals surface area contributed by atoms with Gasteiger partial charge in [-0.2, -0.15) is 5.10 Å². The van der Waals surface area contributed by atoms with Crippen molar-refractivity contribution in [3.63, 3.8) is 0 Å². The molecule has 0 saturated heterocycles. The van der Waals surface area contributed by atoms with Gasteiger partial charge in [-0.3, -0.25) is 13.9 Å². The Morgan fingerprint density at radius 3 is 2.43 bits per heavy atom. The van der Waals surface area contributed by atoms with Gasteiger partial charge in [-0.25, -0.2) is 13.8 Å². The normalized spacial score (nSPS) is 12.4. The lowest BCUT2D eigenvalue weighted by Crippen LogP contribution is -2.39. The number of sulfonamides is 1. The zero-order valence-electron chi connectivity index (χ0n) is 18.7. The third-order valence-corrected chi connectivity index (χ3v) is 6.68. The number of hydrogen-bond acceptors (Lipinski definition) is 7. The van der Waals surface area contributed by atoms with Crippen LogP contribution in [0.5, 0.6) is 11.5 Å². The highest BCUT2D eigenvalue weighted by molar-refractivity contribution is 7.92. The van der Waals surface area contributed by atoms with Crippen LogP contribution >= 0.6 is 0 Å². The summed E-state index contributed by atoms with van der Waals surface area (Å²) in [6, 6.07) is 19.1. The summed E-state index contributed by atoms with van der Waals surface area (Å²) in [7, 11) is -4.10. The first-order chi connectivity index (χ1) is 16.8. The second kappa shape index (κ2) is 10.3. The molecule has 2 amide bonds. The van der Waals surface area contributed by atoms with Crippen LogP contribution in [0.1, 0.15) is 12.5 Å². The number of anilines is 2.